The van der Waals surface area contributed by atoms with Crippen molar-refractivity contribution in [1.82, 2.24) is 0 Å². The van der Waals surface area contributed by atoms with Crippen LogP contribution in [0.3, 0.4) is 0 Å². The predicted octanol–water partition coefficient (Wildman–Crippen LogP) is 8.04. The highest BCUT2D eigenvalue weighted by Gasteiger charge is 2.29. The Morgan fingerprint density at radius 3 is 2.34 bits per heavy atom. The Morgan fingerprint density at radius 2 is 1.62 bits per heavy atom. The van der Waals surface area contributed by atoms with E-state index in [1.54, 1.807) is 48.6 Å². The van der Waals surface area contributed by atoms with Crippen LogP contribution in [0.5, 0.6) is 0 Å². The molecule has 0 aliphatic rings. The molecular weight excluding hydrogens is 373 g/mol. The Kier molecular flexibility index (Phi) is 4.79. The SMILES string of the molecule is C/C=C/c1ccc(/C=C/c2ccc(C(C)(F)F)c3c2oc2ccccc23)c(F)c1. The number of allylic oxidation sites excluding steroid dienone is 1. The first kappa shape index (κ1) is 19.1. The van der Waals surface area contributed by atoms with Crippen LogP contribution in [0.15, 0.2) is 65.1 Å². The molecule has 29 heavy (non-hydrogen) atoms. The molecule has 0 amide bonds. The summed E-state index contributed by atoms with van der Waals surface area (Å²) in [6.45, 7) is 2.74. The number of fused-ring (bicyclic) bond motifs is 3. The highest BCUT2D eigenvalue weighted by atomic mass is 19.3. The van der Waals surface area contributed by atoms with Gasteiger partial charge in [0.25, 0.3) is 5.92 Å². The van der Waals surface area contributed by atoms with Crippen molar-refractivity contribution in [3.8, 4) is 0 Å². The fourth-order valence-electron chi connectivity index (χ4n) is 3.50. The summed E-state index contributed by atoms with van der Waals surface area (Å²) >= 11 is 0. The topological polar surface area (TPSA) is 13.1 Å². The quantitative estimate of drug-likeness (QED) is 0.320. The van der Waals surface area contributed by atoms with Gasteiger partial charge in [-0.3, -0.25) is 0 Å². The Balaban J connectivity index is 1.86. The monoisotopic (exact) mass is 392 g/mol. The van der Waals surface area contributed by atoms with Crippen LogP contribution in [-0.2, 0) is 5.92 Å². The fourth-order valence-corrected chi connectivity index (χ4v) is 3.50. The van der Waals surface area contributed by atoms with Crippen molar-refractivity contribution >= 4 is 40.2 Å². The molecule has 0 radical (unpaired) electrons. The molecule has 1 heterocycles. The number of furan rings is 1. The molecule has 0 aliphatic carbocycles. The van der Waals surface area contributed by atoms with Crippen LogP contribution in [0.2, 0.25) is 0 Å². The second-order valence-electron chi connectivity index (χ2n) is 7.01. The van der Waals surface area contributed by atoms with Crippen molar-refractivity contribution in [3.05, 3.63) is 88.7 Å². The lowest BCUT2D eigenvalue weighted by Gasteiger charge is -2.12. The molecule has 0 atom stereocenters. The van der Waals surface area contributed by atoms with Gasteiger partial charge in [-0.05, 0) is 24.6 Å². The zero-order chi connectivity index (χ0) is 20.6. The zero-order valence-corrected chi connectivity index (χ0v) is 16.0. The third kappa shape index (κ3) is 3.58. The number of hydrogen-bond donors (Lipinski definition) is 0. The first-order valence-corrected chi connectivity index (χ1v) is 9.31. The van der Waals surface area contributed by atoms with Crippen LogP contribution in [0.25, 0.3) is 40.2 Å². The van der Waals surface area contributed by atoms with Gasteiger partial charge in [-0.15, -0.1) is 0 Å². The van der Waals surface area contributed by atoms with Crippen molar-refractivity contribution in [2.24, 2.45) is 0 Å². The number of halogens is 3. The van der Waals surface area contributed by atoms with Gasteiger partial charge < -0.3 is 4.42 Å². The van der Waals surface area contributed by atoms with Crippen molar-refractivity contribution in [1.29, 1.82) is 0 Å². The molecule has 0 spiro atoms. The second-order valence-corrected chi connectivity index (χ2v) is 7.01. The normalized spacial score (nSPS) is 12.7. The first-order valence-electron chi connectivity index (χ1n) is 9.31. The summed E-state index contributed by atoms with van der Waals surface area (Å²) in [7, 11) is 0. The molecule has 0 saturated heterocycles. The van der Waals surface area contributed by atoms with Gasteiger partial charge in [-0.25, -0.2) is 13.2 Å². The minimum Gasteiger partial charge on any atom is -0.455 e. The van der Waals surface area contributed by atoms with E-state index in [1.165, 1.54) is 12.1 Å². The fraction of sp³-hybridized carbons (Fsp3) is 0.120. The number of hydrogen-bond acceptors (Lipinski definition) is 1. The van der Waals surface area contributed by atoms with Crippen molar-refractivity contribution in [3.63, 3.8) is 0 Å². The minimum absolute atomic E-state index is 0.0866. The summed E-state index contributed by atoms with van der Waals surface area (Å²) in [4.78, 5) is 0. The van der Waals surface area contributed by atoms with Crippen molar-refractivity contribution in [2.45, 2.75) is 19.8 Å². The zero-order valence-electron chi connectivity index (χ0n) is 16.0. The number of alkyl halides is 2. The van der Waals surface area contributed by atoms with Crippen molar-refractivity contribution < 1.29 is 17.6 Å². The predicted molar refractivity (Wildman–Crippen MR) is 113 cm³/mol. The van der Waals surface area contributed by atoms with E-state index in [-0.39, 0.29) is 11.4 Å². The summed E-state index contributed by atoms with van der Waals surface area (Å²) in [5, 5.41) is 1.02. The molecule has 1 aromatic heterocycles. The third-order valence-corrected chi connectivity index (χ3v) is 4.86. The molecule has 0 bridgehead atoms. The molecule has 0 aliphatic heterocycles. The van der Waals surface area contributed by atoms with Crippen LogP contribution in [0, 0.1) is 5.82 Å². The van der Waals surface area contributed by atoms with Crippen LogP contribution in [0.1, 0.15) is 36.1 Å². The molecule has 0 fully saturated rings. The smallest absolute Gasteiger partial charge is 0.271 e. The summed E-state index contributed by atoms with van der Waals surface area (Å²) < 4.78 is 48.7. The van der Waals surface area contributed by atoms with Crippen molar-refractivity contribution in [2.75, 3.05) is 0 Å². The van der Waals surface area contributed by atoms with Gasteiger partial charge in [-0.1, -0.05) is 66.8 Å². The minimum atomic E-state index is -3.01. The van der Waals surface area contributed by atoms with Gasteiger partial charge in [0.2, 0.25) is 0 Å². The van der Waals surface area contributed by atoms with Crippen LogP contribution in [0.4, 0.5) is 13.2 Å². The number of benzene rings is 3. The van der Waals surface area contributed by atoms with E-state index in [0.29, 0.717) is 33.1 Å². The van der Waals surface area contributed by atoms with E-state index < -0.39 is 5.92 Å². The second kappa shape index (κ2) is 7.28. The lowest BCUT2D eigenvalue weighted by atomic mass is 9.98. The molecule has 1 nitrogen and oxygen atoms in total. The summed E-state index contributed by atoms with van der Waals surface area (Å²) in [6.07, 6.45) is 6.97. The Labute approximate surface area is 166 Å². The maximum Gasteiger partial charge on any atom is 0.271 e. The third-order valence-electron chi connectivity index (χ3n) is 4.86. The molecule has 3 aromatic carbocycles. The molecular formula is C25H19F3O. The van der Waals surface area contributed by atoms with E-state index in [2.05, 4.69) is 0 Å². The molecule has 0 saturated carbocycles. The Morgan fingerprint density at radius 1 is 0.897 bits per heavy atom. The maximum atomic E-state index is 14.4. The van der Waals surface area contributed by atoms with E-state index in [9.17, 15) is 13.2 Å². The van der Waals surface area contributed by atoms with Gasteiger partial charge in [-0.2, -0.15) is 0 Å². The average molecular weight is 392 g/mol. The lowest BCUT2D eigenvalue weighted by molar-refractivity contribution is 0.0191. The lowest BCUT2D eigenvalue weighted by Crippen LogP contribution is -2.07. The highest BCUT2D eigenvalue weighted by Crippen LogP contribution is 2.40. The summed E-state index contributed by atoms with van der Waals surface area (Å²) in [6, 6.07) is 15.1. The Hall–Kier alpha value is -3.27. The molecule has 0 N–H and O–H groups in total. The molecule has 4 rings (SSSR count). The molecule has 0 unspecified atom stereocenters. The van der Waals surface area contributed by atoms with Crippen LogP contribution in [-0.4, -0.2) is 0 Å². The number of rotatable bonds is 4. The van der Waals surface area contributed by atoms with Gasteiger partial charge in [0.05, 0.1) is 0 Å². The van der Waals surface area contributed by atoms with Gasteiger partial charge in [0, 0.05) is 34.4 Å². The molecule has 4 aromatic rings. The molecule has 146 valence electrons. The average Bonchev–Trinajstić information content (AvgIpc) is 3.06. The van der Waals surface area contributed by atoms with E-state index in [0.717, 1.165) is 12.5 Å². The summed E-state index contributed by atoms with van der Waals surface area (Å²) in [5.74, 6) is -3.36. The van der Waals surface area contributed by atoms with Gasteiger partial charge in [0.15, 0.2) is 0 Å². The van der Waals surface area contributed by atoms with Crippen LogP contribution >= 0.6 is 0 Å². The van der Waals surface area contributed by atoms with Gasteiger partial charge in [0.1, 0.15) is 17.0 Å². The highest BCUT2D eigenvalue weighted by molar-refractivity contribution is 6.09. The Bertz CT molecular complexity index is 1260. The van der Waals surface area contributed by atoms with E-state index in [1.807, 2.05) is 25.1 Å². The van der Waals surface area contributed by atoms with Crippen LogP contribution < -0.4 is 0 Å². The molecule has 4 heteroatoms. The van der Waals surface area contributed by atoms with E-state index >= 15 is 0 Å². The standard InChI is InChI=1S/C25H19F3O/c1-3-6-16-9-10-17(21(26)15-16)11-12-18-13-14-20(25(2,27)28)23-19-7-4-5-8-22(19)29-24(18)23/h3-15H,1-2H3/b6-3+,12-11+. The largest absolute Gasteiger partial charge is 0.455 e. The summed E-state index contributed by atoms with van der Waals surface area (Å²) in [5.41, 5.74) is 2.62. The van der Waals surface area contributed by atoms with E-state index in [4.69, 9.17) is 4.42 Å². The van der Waals surface area contributed by atoms with Gasteiger partial charge >= 0.3 is 0 Å². The first-order chi connectivity index (χ1) is 13.9. The number of para-hydroxylation sites is 1. The maximum absolute atomic E-state index is 14.4.